The first kappa shape index (κ1) is 15.5. The molecule has 26 heavy (non-hydrogen) atoms. The SMILES string of the molecule is O=C(c1cccnc1)N1CC[C@@]23OC[C@@H](c4ccccc4)N2C(=O)C[C@@H]13. The Morgan fingerprint density at radius 3 is 2.81 bits per heavy atom. The second-order valence-corrected chi connectivity index (χ2v) is 7.06. The lowest BCUT2D eigenvalue weighted by molar-refractivity contribution is -0.138. The van der Waals surface area contributed by atoms with Crippen LogP contribution in [-0.4, -0.2) is 51.5 Å². The minimum atomic E-state index is -0.685. The number of nitrogens with zero attached hydrogens (tertiary/aromatic N) is 3. The van der Waals surface area contributed by atoms with Crippen molar-refractivity contribution >= 4 is 11.8 Å². The summed E-state index contributed by atoms with van der Waals surface area (Å²) >= 11 is 0. The van der Waals surface area contributed by atoms with E-state index in [0.29, 0.717) is 31.6 Å². The zero-order chi connectivity index (χ0) is 17.7. The van der Waals surface area contributed by atoms with Gasteiger partial charge >= 0.3 is 0 Å². The van der Waals surface area contributed by atoms with Crippen LogP contribution in [0.5, 0.6) is 0 Å². The molecule has 4 heterocycles. The van der Waals surface area contributed by atoms with Gasteiger partial charge in [-0.3, -0.25) is 14.6 Å². The third kappa shape index (κ3) is 2.05. The van der Waals surface area contributed by atoms with Crippen LogP contribution in [0.15, 0.2) is 54.9 Å². The Labute approximate surface area is 151 Å². The van der Waals surface area contributed by atoms with Crippen LogP contribution in [0.25, 0.3) is 0 Å². The number of carbonyl (C=O) groups is 2. The Balaban J connectivity index is 1.47. The monoisotopic (exact) mass is 349 g/mol. The van der Waals surface area contributed by atoms with E-state index in [0.717, 1.165) is 5.56 Å². The van der Waals surface area contributed by atoms with E-state index in [-0.39, 0.29) is 23.9 Å². The fourth-order valence-electron chi connectivity index (χ4n) is 4.66. The smallest absolute Gasteiger partial charge is 0.255 e. The molecule has 132 valence electrons. The average molecular weight is 349 g/mol. The van der Waals surface area contributed by atoms with Crippen molar-refractivity contribution in [1.82, 2.24) is 14.8 Å². The van der Waals surface area contributed by atoms with Crippen LogP contribution in [0.2, 0.25) is 0 Å². The van der Waals surface area contributed by atoms with Gasteiger partial charge in [0.05, 0.1) is 30.7 Å². The molecular weight excluding hydrogens is 330 g/mol. The molecule has 0 radical (unpaired) electrons. The molecule has 2 amide bonds. The van der Waals surface area contributed by atoms with Gasteiger partial charge in [-0.1, -0.05) is 30.3 Å². The molecular formula is C20H19N3O3. The van der Waals surface area contributed by atoms with Crippen molar-refractivity contribution in [3.63, 3.8) is 0 Å². The van der Waals surface area contributed by atoms with Crippen LogP contribution in [-0.2, 0) is 9.53 Å². The molecule has 0 unspecified atom stereocenters. The van der Waals surface area contributed by atoms with E-state index in [1.54, 1.807) is 29.4 Å². The minimum absolute atomic E-state index is 0.0602. The summed E-state index contributed by atoms with van der Waals surface area (Å²) in [5.74, 6) is -0.0218. The molecule has 0 aliphatic carbocycles. The summed E-state index contributed by atoms with van der Waals surface area (Å²) in [6, 6.07) is 13.2. The lowest BCUT2D eigenvalue weighted by Gasteiger charge is -2.33. The van der Waals surface area contributed by atoms with Crippen molar-refractivity contribution in [2.45, 2.75) is 30.7 Å². The van der Waals surface area contributed by atoms with Gasteiger partial charge in [0.1, 0.15) is 0 Å². The van der Waals surface area contributed by atoms with E-state index >= 15 is 0 Å². The van der Waals surface area contributed by atoms with E-state index in [2.05, 4.69) is 4.98 Å². The summed E-state index contributed by atoms with van der Waals surface area (Å²) < 4.78 is 6.24. The Kier molecular flexibility index (Phi) is 3.37. The molecule has 3 fully saturated rings. The number of likely N-dealkylation sites (tertiary alicyclic amines) is 1. The molecule has 3 aliphatic heterocycles. The van der Waals surface area contributed by atoms with Crippen molar-refractivity contribution in [3.8, 4) is 0 Å². The summed E-state index contributed by atoms with van der Waals surface area (Å²) in [6.07, 6.45) is 4.19. The van der Waals surface area contributed by atoms with Gasteiger partial charge in [0.2, 0.25) is 5.91 Å². The summed E-state index contributed by atoms with van der Waals surface area (Å²) in [5.41, 5.74) is 0.943. The first-order chi connectivity index (χ1) is 12.7. The lowest BCUT2D eigenvalue weighted by atomic mass is 10.0. The zero-order valence-electron chi connectivity index (χ0n) is 14.2. The highest BCUT2D eigenvalue weighted by Crippen LogP contribution is 2.51. The first-order valence-electron chi connectivity index (χ1n) is 8.93. The second-order valence-electron chi connectivity index (χ2n) is 7.06. The molecule has 6 heteroatoms. The van der Waals surface area contributed by atoms with Crippen molar-refractivity contribution in [2.75, 3.05) is 13.2 Å². The van der Waals surface area contributed by atoms with Gasteiger partial charge < -0.3 is 14.5 Å². The normalized spacial score (nSPS) is 29.8. The molecule has 0 saturated carbocycles. The largest absolute Gasteiger partial charge is 0.351 e. The molecule has 1 spiro atoms. The number of carbonyl (C=O) groups excluding carboxylic acids is 2. The Morgan fingerprint density at radius 1 is 1.19 bits per heavy atom. The number of hydrogen-bond donors (Lipinski definition) is 0. The molecule has 3 aliphatic rings. The fourth-order valence-corrected chi connectivity index (χ4v) is 4.66. The van der Waals surface area contributed by atoms with Gasteiger partial charge in [-0.25, -0.2) is 0 Å². The summed E-state index contributed by atoms with van der Waals surface area (Å²) in [6.45, 7) is 1.06. The van der Waals surface area contributed by atoms with Gasteiger partial charge in [-0.05, 0) is 17.7 Å². The fraction of sp³-hybridized carbons (Fsp3) is 0.350. The van der Waals surface area contributed by atoms with Gasteiger partial charge in [-0.15, -0.1) is 0 Å². The van der Waals surface area contributed by atoms with Crippen LogP contribution in [0, 0.1) is 0 Å². The maximum absolute atomic E-state index is 12.9. The number of rotatable bonds is 2. The van der Waals surface area contributed by atoms with E-state index in [9.17, 15) is 9.59 Å². The Hall–Kier alpha value is -2.73. The number of amides is 2. The standard InChI is InChI=1S/C20H19N3O3/c24-18-11-17-20(8-10-22(17)19(25)15-7-4-9-21-12-15)23(18)16(13-26-20)14-5-2-1-3-6-14/h1-7,9,12,16-17H,8,10-11,13H2/t16-,17+,20-/m0/s1. The number of pyridine rings is 1. The number of aromatic nitrogens is 1. The Morgan fingerprint density at radius 2 is 2.04 bits per heavy atom. The molecule has 1 aromatic heterocycles. The molecule has 6 nitrogen and oxygen atoms in total. The van der Waals surface area contributed by atoms with Crippen LogP contribution >= 0.6 is 0 Å². The average Bonchev–Trinajstić information content (AvgIpc) is 3.32. The minimum Gasteiger partial charge on any atom is -0.351 e. The van der Waals surface area contributed by atoms with Crippen molar-refractivity contribution < 1.29 is 14.3 Å². The van der Waals surface area contributed by atoms with E-state index < -0.39 is 5.72 Å². The second kappa shape index (κ2) is 5.64. The third-order valence-electron chi connectivity index (χ3n) is 5.81. The van der Waals surface area contributed by atoms with Crippen LogP contribution in [0.3, 0.4) is 0 Å². The number of hydrogen-bond acceptors (Lipinski definition) is 4. The topological polar surface area (TPSA) is 62.7 Å². The molecule has 3 atom stereocenters. The predicted molar refractivity (Wildman–Crippen MR) is 93.0 cm³/mol. The molecule has 5 rings (SSSR count). The van der Waals surface area contributed by atoms with Crippen LogP contribution < -0.4 is 0 Å². The number of benzene rings is 1. The van der Waals surface area contributed by atoms with Crippen molar-refractivity contribution in [1.29, 1.82) is 0 Å². The maximum atomic E-state index is 12.9. The van der Waals surface area contributed by atoms with Gasteiger partial charge in [-0.2, -0.15) is 0 Å². The van der Waals surface area contributed by atoms with Gasteiger partial charge in [0, 0.05) is 25.4 Å². The van der Waals surface area contributed by atoms with Crippen molar-refractivity contribution in [3.05, 3.63) is 66.0 Å². The summed E-state index contributed by atoms with van der Waals surface area (Å²) in [4.78, 5) is 33.5. The van der Waals surface area contributed by atoms with Crippen LogP contribution in [0.1, 0.15) is 34.8 Å². The van der Waals surface area contributed by atoms with Gasteiger partial charge in [0.15, 0.2) is 5.72 Å². The lowest BCUT2D eigenvalue weighted by Crippen LogP contribution is -2.49. The highest BCUT2D eigenvalue weighted by Gasteiger charge is 2.65. The molecule has 0 N–H and O–H groups in total. The van der Waals surface area contributed by atoms with Crippen LogP contribution in [0.4, 0.5) is 0 Å². The van der Waals surface area contributed by atoms with E-state index in [1.165, 1.54) is 0 Å². The molecule has 3 saturated heterocycles. The van der Waals surface area contributed by atoms with E-state index in [4.69, 9.17) is 4.74 Å². The summed E-state index contributed by atoms with van der Waals surface area (Å²) in [7, 11) is 0. The molecule has 1 aromatic carbocycles. The predicted octanol–water partition coefficient (Wildman–Crippen LogP) is 2.00. The number of ether oxygens (including phenoxy) is 1. The van der Waals surface area contributed by atoms with Gasteiger partial charge in [0.25, 0.3) is 5.91 Å². The summed E-state index contributed by atoms with van der Waals surface area (Å²) in [5, 5.41) is 0. The highest BCUT2D eigenvalue weighted by molar-refractivity contribution is 5.95. The Bertz CT molecular complexity index is 857. The van der Waals surface area contributed by atoms with Crippen molar-refractivity contribution in [2.24, 2.45) is 0 Å². The first-order valence-corrected chi connectivity index (χ1v) is 8.93. The zero-order valence-corrected chi connectivity index (χ0v) is 14.2. The highest BCUT2D eigenvalue weighted by atomic mass is 16.5. The molecule has 2 aromatic rings. The third-order valence-corrected chi connectivity index (χ3v) is 5.81. The van der Waals surface area contributed by atoms with E-state index in [1.807, 2.05) is 35.2 Å². The quantitative estimate of drug-likeness (QED) is 0.832. The maximum Gasteiger partial charge on any atom is 0.255 e. The molecule has 0 bridgehead atoms.